The number of carbonyl (C=O) groups is 1. The maximum Gasteiger partial charge on any atom is 0.237 e. The van der Waals surface area contributed by atoms with Crippen molar-refractivity contribution in [2.24, 2.45) is 5.73 Å². The van der Waals surface area contributed by atoms with Gasteiger partial charge in [-0.1, -0.05) is 0 Å². The molecule has 0 spiro atoms. The molecular weight excluding hydrogens is 254 g/mol. The molecular formula is C11H21N3OS2. The monoisotopic (exact) mass is 275 g/mol. The first kappa shape index (κ1) is 13.5. The number of nitrogens with two attached hydrogens (primary N) is 1. The van der Waals surface area contributed by atoms with Gasteiger partial charge in [-0.2, -0.15) is 23.5 Å². The van der Waals surface area contributed by atoms with Crippen LogP contribution in [0.3, 0.4) is 0 Å². The number of nitrogens with zero attached hydrogens (tertiary/aromatic N) is 1. The molecule has 98 valence electrons. The number of thioether (sulfide) groups is 2. The fourth-order valence-electron chi connectivity index (χ4n) is 2.52. The summed E-state index contributed by atoms with van der Waals surface area (Å²) in [6.07, 6.45) is 0.797. The van der Waals surface area contributed by atoms with Gasteiger partial charge in [0.05, 0.1) is 6.04 Å². The highest BCUT2D eigenvalue weighted by molar-refractivity contribution is 8.03. The number of rotatable bonds is 2. The van der Waals surface area contributed by atoms with Crippen molar-refractivity contribution in [2.45, 2.75) is 24.5 Å². The van der Waals surface area contributed by atoms with Gasteiger partial charge < -0.3 is 11.1 Å². The maximum absolute atomic E-state index is 11.9. The summed E-state index contributed by atoms with van der Waals surface area (Å²) in [5, 5.41) is 2.76. The Bertz CT molecular complexity index is 269. The first-order valence-corrected chi connectivity index (χ1v) is 8.41. The van der Waals surface area contributed by atoms with E-state index in [-0.39, 0.29) is 18.0 Å². The lowest BCUT2D eigenvalue weighted by atomic mass is 10.1. The standard InChI is InChI=1S/C11H21N3OS2/c1-13-11(15)10-4-8(12)5-14(10)9-6-16-2-3-17-7-9/h8-10H,2-7,12H2,1H3,(H,13,15)/t8-,10-/m0/s1. The Morgan fingerprint density at radius 2 is 2.00 bits per heavy atom. The molecule has 0 bridgehead atoms. The molecule has 2 saturated heterocycles. The number of carbonyl (C=O) groups excluding carboxylic acids is 1. The van der Waals surface area contributed by atoms with Crippen LogP contribution < -0.4 is 11.1 Å². The average Bonchev–Trinajstić information content (AvgIpc) is 2.56. The van der Waals surface area contributed by atoms with Crippen LogP contribution in [0.2, 0.25) is 0 Å². The molecule has 6 heteroatoms. The van der Waals surface area contributed by atoms with Crippen LogP contribution in [-0.4, -0.2) is 65.5 Å². The first-order valence-electron chi connectivity index (χ1n) is 6.10. The van der Waals surface area contributed by atoms with Crippen LogP contribution in [0.1, 0.15) is 6.42 Å². The second kappa shape index (κ2) is 6.31. The molecule has 4 nitrogen and oxygen atoms in total. The summed E-state index contributed by atoms with van der Waals surface area (Å²) < 4.78 is 0. The van der Waals surface area contributed by atoms with E-state index in [1.807, 2.05) is 23.5 Å². The molecule has 0 saturated carbocycles. The van der Waals surface area contributed by atoms with E-state index in [9.17, 15) is 4.79 Å². The highest BCUT2D eigenvalue weighted by Gasteiger charge is 2.38. The highest BCUT2D eigenvalue weighted by atomic mass is 32.2. The number of amides is 1. The summed E-state index contributed by atoms with van der Waals surface area (Å²) in [7, 11) is 1.71. The SMILES string of the molecule is CNC(=O)[C@@H]1C[C@H](N)CN1C1CSCCSC1. The van der Waals surface area contributed by atoms with Crippen molar-refractivity contribution >= 4 is 29.4 Å². The molecule has 3 N–H and O–H groups in total. The molecule has 2 fully saturated rings. The number of likely N-dealkylation sites (N-methyl/N-ethyl adjacent to an activating group) is 1. The van der Waals surface area contributed by atoms with Crippen LogP contribution >= 0.6 is 23.5 Å². The van der Waals surface area contributed by atoms with Gasteiger partial charge >= 0.3 is 0 Å². The highest BCUT2D eigenvalue weighted by Crippen LogP contribution is 2.26. The second-order valence-corrected chi connectivity index (χ2v) is 6.93. The molecule has 2 rings (SSSR count). The smallest absolute Gasteiger partial charge is 0.237 e. The molecule has 0 aliphatic carbocycles. The van der Waals surface area contributed by atoms with Gasteiger partial charge in [0.1, 0.15) is 0 Å². The average molecular weight is 275 g/mol. The van der Waals surface area contributed by atoms with E-state index < -0.39 is 0 Å². The summed E-state index contributed by atoms with van der Waals surface area (Å²) in [4.78, 5) is 14.2. The summed E-state index contributed by atoms with van der Waals surface area (Å²) in [5.74, 6) is 4.84. The molecule has 2 atom stereocenters. The molecule has 0 unspecified atom stereocenters. The summed E-state index contributed by atoms with van der Waals surface area (Å²) in [6, 6.07) is 0.637. The van der Waals surface area contributed by atoms with Gasteiger partial charge in [-0.3, -0.25) is 9.69 Å². The Morgan fingerprint density at radius 1 is 1.35 bits per heavy atom. The Hall–Kier alpha value is 0.0900. The van der Waals surface area contributed by atoms with E-state index >= 15 is 0 Å². The lowest BCUT2D eigenvalue weighted by Crippen LogP contribution is -2.48. The van der Waals surface area contributed by atoms with Crippen LogP contribution in [0.15, 0.2) is 0 Å². The van der Waals surface area contributed by atoms with E-state index in [0.29, 0.717) is 6.04 Å². The van der Waals surface area contributed by atoms with Crippen LogP contribution in [0.25, 0.3) is 0 Å². The molecule has 0 aromatic carbocycles. The second-order valence-electron chi connectivity index (χ2n) is 4.63. The number of hydrogen-bond acceptors (Lipinski definition) is 5. The third kappa shape index (κ3) is 3.30. The minimum Gasteiger partial charge on any atom is -0.358 e. The number of nitrogens with one attached hydrogen (secondary N) is 1. The zero-order valence-corrected chi connectivity index (χ0v) is 11.9. The van der Waals surface area contributed by atoms with Crippen molar-refractivity contribution < 1.29 is 4.79 Å². The Morgan fingerprint density at radius 3 is 2.59 bits per heavy atom. The third-order valence-corrected chi connectivity index (χ3v) is 5.87. The van der Waals surface area contributed by atoms with Crippen molar-refractivity contribution in [3.05, 3.63) is 0 Å². The van der Waals surface area contributed by atoms with Crippen molar-refractivity contribution in [1.82, 2.24) is 10.2 Å². The quantitative estimate of drug-likeness (QED) is 0.742. The van der Waals surface area contributed by atoms with Crippen molar-refractivity contribution in [3.63, 3.8) is 0 Å². The van der Waals surface area contributed by atoms with Crippen LogP contribution in [0.5, 0.6) is 0 Å². The Kier molecular flexibility index (Phi) is 5.02. The molecule has 17 heavy (non-hydrogen) atoms. The van der Waals surface area contributed by atoms with Gasteiger partial charge in [0, 0.05) is 48.7 Å². The van der Waals surface area contributed by atoms with Crippen molar-refractivity contribution in [1.29, 1.82) is 0 Å². The van der Waals surface area contributed by atoms with E-state index in [0.717, 1.165) is 24.5 Å². The minimum atomic E-state index is -0.0145. The third-order valence-electron chi connectivity index (χ3n) is 3.38. The number of likely N-dealkylation sites (tertiary alicyclic amines) is 1. The topological polar surface area (TPSA) is 58.4 Å². The van der Waals surface area contributed by atoms with E-state index in [1.54, 1.807) is 7.05 Å². The molecule has 0 aromatic rings. The van der Waals surface area contributed by atoms with Crippen molar-refractivity contribution in [3.8, 4) is 0 Å². The summed E-state index contributed by atoms with van der Waals surface area (Å²) >= 11 is 4.00. The Labute approximate surface area is 111 Å². The molecule has 1 amide bonds. The predicted molar refractivity (Wildman–Crippen MR) is 75.6 cm³/mol. The molecule has 0 radical (unpaired) electrons. The van der Waals surface area contributed by atoms with Gasteiger partial charge in [-0.05, 0) is 6.42 Å². The summed E-state index contributed by atoms with van der Waals surface area (Å²) in [6.45, 7) is 0.865. The van der Waals surface area contributed by atoms with E-state index in [1.165, 1.54) is 11.5 Å². The molecule has 2 aliphatic rings. The predicted octanol–water partition coefficient (Wildman–Crippen LogP) is -0.0174. The van der Waals surface area contributed by atoms with E-state index in [2.05, 4.69) is 10.2 Å². The van der Waals surface area contributed by atoms with Crippen LogP contribution in [-0.2, 0) is 4.79 Å². The summed E-state index contributed by atoms with van der Waals surface area (Å²) in [5.41, 5.74) is 6.02. The molecule has 2 aliphatic heterocycles. The van der Waals surface area contributed by atoms with Gasteiger partial charge in [0.15, 0.2) is 0 Å². The largest absolute Gasteiger partial charge is 0.358 e. The van der Waals surface area contributed by atoms with E-state index in [4.69, 9.17) is 5.73 Å². The number of hydrogen-bond donors (Lipinski definition) is 2. The first-order chi connectivity index (χ1) is 8.22. The lowest BCUT2D eigenvalue weighted by Gasteiger charge is -2.30. The van der Waals surface area contributed by atoms with Gasteiger partial charge in [-0.15, -0.1) is 0 Å². The van der Waals surface area contributed by atoms with Crippen LogP contribution in [0.4, 0.5) is 0 Å². The van der Waals surface area contributed by atoms with Gasteiger partial charge in [0.25, 0.3) is 0 Å². The van der Waals surface area contributed by atoms with Gasteiger partial charge in [-0.25, -0.2) is 0 Å². The molecule has 0 aromatic heterocycles. The van der Waals surface area contributed by atoms with Crippen LogP contribution in [0, 0.1) is 0 Å². The minimum absolute atomic E-state index is 0.0145. The Balaban J connectivity index is 2.03. The fourth-order valence-corrected chi connectivity index (χ4v) is 5.11. The fraction of sp³-hybridized carbons (Fsp3) is 0.909. The lowest BCUT2D eigenvalue weighted by molar-refractivity contribution is -0.125. The normalized spacial score (nSPS) is 32.4. The van der Waals surface area contributed by atoms with Gasteiger partial charge in [0.2, 0.25) is 5.91 Å². The zero-order chi connectivity index (χ0) is 12.3. The van der Waals surface area contributed by atoms with Crippen molar-refractivity contribution in [2.75, 3.05) is 36.6 Å². The zero-order valence-electron chi connectivity index (χ0n) is 10.2. The molecule has 2 heterocycles. The maximum atomic E-state index is 11.9.